The van der Waals surface area contributed by atoms with E-state index in [1.54, 1.807) is 37.9 Å². The minimum atomic E-state index is -1.10. The number of aliphatic hydroxyl groups excluding tert-OH is 2. The molecular weight excluding hydrogens is 547 g/mol. The number of piperazine rings is 1. The summed E-state index contributed by atoms with van der Waals surface area (Å²) >= 11 is 0. The summed E-state index contributed by atoms with van der Waals surface area (Å²) < 4.78 is 27.5. The number of amides is 1. The number of carbonyl (C=O) groups is 1. The molecule has 0 aliphatic carbocycles. The fourth-order valence-corrected chi connectivity index (χ4v) is 4.74. The van der Waals surface area contributed by atoms with E-state index in [0.29, 0.717) is 37.4 Å². The van der Waals surface area contributed by atoms with Gasteiger partial charge in [0.1, 0.15) is 23.0 Å². The third-order valence-electron chi connectivity index (χ3n) is 6.71. The molecule has 0 bridgehead atoms. The summed E-state index contributed by atoms with van der Waals surface area (Å²) in [5.74, 6) is -0.383. The molecular formula is C29H41FN6O6. The highest BCUT2D eigenvalue weighted by atomic mass is 19.1. The molecule has 230 valence electrons. The minimum Gasteiger partial charge on any atom is -0.508 e. The number of aliphatic hydroxyl groups is 2. The van der Waals surface area contributed by atoms with E-state index in [0.717, 1.165) is 6.07 Å². The largest absolute Gasteiger partial charge is 0.508 e. The first-order valence-electron chi connectivity index (χ1n) is 13.9. The molecule has 1 aliphatic rings. The van der Waals surface area contributed by atoms with E-state index in [2.05, 4.69) is 10.1 Å². The second-order valence-corrected chi connectivity index (χ2v) is 12.3. The number of anilines is 1. The Morgan fingerprint density at radius 3 is 2.55 bits per heavy atom. The van der Waals surface area contributed by atoms with Crippen LogP contribution in [0.2, 0.25) is 0 Å². The standard InChI is InChI=1S/C29H41FN6O6/c1-28(2,3)41-26(39)34-12-11-33(19(17-34)18-37)13-14-35(27(40)42-29(4,5)6)24-9-10-36-25(32-24)22(16-31-36)21-15-20(38)7-8-23(21)30/h7-10,15-16,19,26,37-39H,11-14,17-18H2,1-6H3/t19-,26?/m0/s1. The summed E-state index contributed by atoms with van der Waals surface area (Å²) in [5.41, 5.74) is -0.536. The molecule has 1 aliphatic heterocycles. The molecule has 1 fully saturated rings. The zero-order valence-electron chi connectivity index (χ0n) is 25.0. The Bertz CT molecular complexity index is 1390. The van der Waals surface area contributed by atoms with Crippen LogP contribution in [-0.2, 0) is 9.47 Å². The molecule has 2 atom stereocenters. The van der Waals surface area contributed by atoms with Gasteiger partial charge >= 0.3 is 6.09 Å². The molecule has 3 heterocycles. The first kappa shape index (κ1) is 31.6. The van der Waals surface area contributed by atoms with Crippen LogP contribution in [0, 0.1) is 5.82 Å². The predicted octanol–water partition coefficient (Wildman–Crippen LogP) is 3.05. The van der Waals surface area contributed by atoms with E-state index < -0.39 is 29.5 Å². The molecule has 3 aromatic rings. The first-order chi connectivity index (χ1) is 19.6. The van der Waals surface area contributed by atoms with Gasteiger partial charge in [-0.1, -0.05) is 0 Å². The van der Waals surface area contributed by atoms with Crippen LogP contribution in [0.1, 0.15) is 41.5 Å². The average molecular weight is 589 g/mol. The highest BCUT2D eigenvalue weighted by Gasteiger charge is 2.33. The average Bonchev–Trinajstić information content (AvgIpc) is 3.31. The van der Waals surface area contributed by atoms with E-state index in [9.17, 15) is 24.5 Å². The van der Waals surface area contributed by atoms with Crippen molar-refractivity contribution in [3.63, 3.8) is 0 Å². The third-order valence-corrected chi connectivity index (χ3v) is 6.71. The molecule has 1 saturated heterocycles. The molecule has 13 heteroatoms. The fraction of sp³-hybridized carbons (Fsp3) is 0.552. The van der Waals surface area contributed by atoms with Gasteiger partial charge < -0.3 is 24.8 Å². The van der Waals surface area contributed by atoms with Gasteiger partial charge in [0.25, 0.3) is 0 Å². The smallest absolute Gasteiger partial charge is 0.416 e. The van der Waals surface area contributed by atoms with Gasteiger partial charge in [-0.15, -0.1) is 0 Å². The van der Waals surface area contributed by atoms with Gasteiger partial charge in [0.2, 0.25) is 6.41 Å². The first-order valence-corrected chi connectivity index (χ1v) is 13.9. The Balaban J connectivity index is 1.58. The van der Waals surface area contributed by atoms with Crippen LogP contribution in [0.4, 0.5) is 15.0 Å². The van der Waals surface area contributed by atoms with Crippen LogP contribution >= 0.6 is 0 Å². The number of benzene rings is 1. The lowest BCUT2D eigenvalue weighted by Gasteiger charge is -2.43. The van der Waals surface area contributed by atoms with E-state index in [1.807, 2.05) is 25.7 Å². The van der Waals surface area contributed by atoms with Gasteiger partial charge in [-0.05, 0) is 65.8 Å². The van der Waals surface area contributed by atoms with Crippen LogP contribution in [0.5, 0.6) is 5.75 Å². The van der Waals surface area contributed by atoms with Crippen molar-refractivity contribution in [1.29, 1.82) is 0 Å². The number of carbonyl (C=O) groups excluding carboxylic acids is 1. The van der Waals surface area contributed by atoms with Crippen LogP contribution in [-0.4, -0.2) is 109 Å². The lowest BCUT2D eigenvalue weighted by Crippen LogP contribution is -2.59. The number of phenolic OH excluding ortho intramolecular Hbond substituents is 1. The Kier molecular flexibility index (Phi) is 9.38. The van der Waals surface area contributed by atoms with Crippen molar-refractivity contribution in [3.05, 3.63) is 42.5 Å². The predicted molar refractivity (Wildman–Crippen MR) is 154 cm³/mol. The van der Waals surface area contributed by atoms with E-state index >= 15 is 0 Å². The minimum absolute atomic E-state index is 0.103. The van der Waals surface area contributed by atoms with Gasteiger partial charge in [-0.3, -0.25) is 14.7 Å². The Morgan fingerprint density at radius 2 is 1.88 bits per heavy atom. The molecule has 42 heavy (non-hydrogen) atoms. The Morgan fingerprint density at radius 1 is 1.14 bits per heavy atom. The van der Waals surface area contributed by atoms with Gasteiger partial charge in [0.05, 0.1) is 18.4 Å². The van der Waals surface area contributed by atoms with Crippen molar-refractivity contribution in [2.24, 2.45) is 0 Å². The molecule has 0 saturated carbocycles. The number of ether oxygens (including phenoxy) is 2. The van der Waals surface area contributed by atoms with E-state index in [-0.39, 0.29) is 36.3 Å². The number of phenols is 1. The lowest BCUT2D eigenvalue weighted by atomic mass is 10.1. The van der Waals surface area contributed by atoms with Crippen LogP contribution in [0.3, 0.4) is 0 Å². The maximum absolute atomic E-state index is 14.7. The highest BCUT2D eigenvalue weighted by molar-refractivity contribution is 5.88. The van der Waals surface area contributed by atoms with Crippen LogP contribution < -0.4 is 4.90 Å². The van der Waals surface area contributed by atoms with Crippen LogP contribution in [0.25, 0.3) is 16.8 Å². The van der Waals surface area contributed by atoms with Crippen molar-refractivity contribution < 1.29 is 34.0 Å². The molecule has 12 nitrogen and oxygen atoms in total. The summed E-state index contributed by atoms with van der Waals surface area (Å²) in [7, 11) is 0. The van der Waals surface area contributed by atoms with Crippen molar-refractivity contribution in [2.75, 3.05) is 44.2 Å². The lowest BCUT2D eigenvalue weighted by molar-refractivity contribution is -0.248. The summed E-state index contributed by atoms with van der Waals surface area (Å²) in [4.78, 5) is 23.3. The summed E-state index contributed by atoms with van der Waals surface area (Å²) in [6, 6.07) is 5.03. The quantitative estimate of drug-likeness (QED) is 0.337. The molecule has 2 aromatic heterocycles. The number of hydrogen-bond donors (Lipinski definition) is 3. The van der Waals surface area contributed by atoms with Gasteiger partial charge in [-0.2, -0.15) is 5.10 Å². The summed E-state index contributed by atoms with van der Waals surface area (Å²) in [6.45, 7) is 12.7. The second kappa shape index (κ2) is 12.5. The van der Waals surface area contributed by atoms with Crippen molar-refractivity contribution >= 4 is 17.6 Å². The number of rotatable bonds is 8. The Hall–Kier alpha value is -3.36. The number of halogens is 1. The maximum atomic E-state index is 14.7. The Labute approximate surface area is 244 Å². The van der Waals surface area contributed by atoms with E-state index in [4.69, 9.17) is 9.47 Å². The zero-order chi connectivity index (χ0) is 30.8. The van der Waals surface area contributed by atoms with Gasteiger partial charge in [0.15, 0.2) is 5.65 Å². The molecule has 0 radical (unpaired) electrons. The molecule has 1 amide bonds. The summed E-state index contributed by atoms with van der Waals surface area (Å²) in [6.07, 6.45) is 1.35. The third kappa shape index (κ3) is 7.72. The number of aromatic hydroxyl groups is 1. The number of nitrogens with zero attached hydrogens (tertiary/aromatic N) is 6. The normalized spacial score (nSPS) is 17.9. The number of fused-ring (bicyclic) bond motifs is 1. The maximum Gasteiger partial charge on any atom is 0.416 e. The number of aromatic nitrogens is 3. The van der Waals surface area contributed by atoms with Crippen LogP contribution in [0.15, 0.2) is 36.7 Å². The fourth-order valence-electron chi connectivity index (χ4n) is 4.74. The molecule has 3 N–H and O–H groups in total. The van der Waals surface area contributed by atoms with Crippen molar-refractivity contribution in [2.45, 2.75) is 65.2 Å². The van der Waals surface area contributed by atoms with Crippen molar-refractivity contribution in [1.82, 2.24) is 24.4 Å². The van der Waals surface area contributed by atoms with Gasteiger partial charge in [-0.25, -0.2) is 18.7 Å². The monoisotopic (exact) mass is 588 g/mol. The molecule has 1 aromatic carbocycles. The number of hydrogen-bond acceptors (Lipinski definition) is 10. The molecule has 1 unspecified atom stereocenters. The SMILES string of the molecule is CC(C)(C)OC(=O)N(CCN1CCN(C(O)OC(C)(C)C)C[C@H]1CO)c1ccn2ncc(-c3cc(O)ccc3F)c2n1. The molecule has 0 spiro atoms. The van der Waals surface area contributed by atoms with Gasteiger partial charge in [0, 0.05) is 56.1 Å². The second-order valence-electron chi connectivity index (χ2n) is 12.3. The molecule has 4 rings (SSSR count). The van der Waals surface area contributed by atoms with Crippen molar-refractivity contribution in [3.8, 4) is 16.9 Å². The topological polar surface area (TPSA) is 136 Å². The summed E-state index contributed by atoms with van der Waals surface area (Å²) in [5, 5.41) is 34.9. The van der Waals surface area contributed by atoms with E-state index in [1.165, 1.54) is 27.7 Å². The highest BCUT2D eigenvalue weighted by Crippen LogP contribution is 2.30. The zero-order valence-corrected chi connectivity index (χ0v) is 25.0.